The van der Waals surface area contributed by atoms with Crippen LogP contribution in [-0.4, -0.2) is 48.3 Å². The molecule has 1 aromatic heterocycles. The van der Waals surface area contributed by atoms with Crippen LogP contribution < -0.4 is 10.2 Å². The zero-order chi connectivity index (χ0) is 22.1. The van der Waals surface area contributed by atoms with Crippen LogP contribution >= 0.6 is 27.3 Å². The fourth-order valence-corrected chi connectivity index (χ4v) is 5.64. The zero-order valence-corrected chi connectivity index (χ0v) is 20.1. The Bertz CT molecular complexity index is 1020. The van der Waals surface area contributed by atoms with Crippen LogP contribution in [-0.2, 0) is 4.79 Å². The molecule has 2 aromatic rings. The second kappa shape index (κ2) is 9.12. The Morgan fingerprint density at radius 3 is 2.68 bits per heavy atom. The first-order valence-corrected chi connectivity index (χ1v) is 12.2. The van der Waals surface area contributed by atoms with Gasteiger partial charge in [0.2, 0.25) is 5.91 Å². The van der Waals surface area contributed by atoms with E-state index in [0.29, 0.717) is 22.9 Å². The first-order valence-electron chi connectivity index (χ1n) is 10.6. The van der Waals surface area contributed by atoms with Crippen LogP contribution in [0.3, 0.4) is 0 Å². The largest absolute Gasteiger partial charge is 0.346 e. The minimum Gasteiger partial charge on any atom is -0.346 e. The van der Waals surface area contributed by atoms with Gasteiger partial charge in [-0.05, 0) is 77.5 Å². The van der Waals surface area contributed by atoms with Gasteiger partial charge in [-0.15, -0.1) is 11.3 Å². The van der Waals surface area contributed by atoms with Crippen LogP contribution in [0.5, 0.6) is 0 Å². The monoisotopic (exact) mass is 503 g/mol. The molecule has 8 heteroatoms. The number of carbonyl (C=O) groups excluding carboxylic acids is 3. The van der Waals surface area contributed by atoms with Crippen LogP contribution in [0.2, 0.25) is 0 Å². The fraction of sp³-hybridized carbons (Fsp3) is 0.435. The highest BCUT2D eigenvalue weighted by Crippen LogP contribution is 2.27. The topological polar surface area (TPSA) is 69.7 Å². The highest BCUT2D eigenvalue weighted by molar-refractivity contribution is 9.11. The Balaban J connectivity index is 1.43. The van der Waals surface area contributed by atoms with Gasteiger partial charge in [-0.2, -0.15) is 0 Å². The molecule has 3 heterocycles. The molecule has 4 rings (SSSR count). The molecule has 31 heavy (non-hydrogen) atoms. The first kappa shape index (κ1) is 22.0. The number of amides is 3. The number of aryl methyl sites for hydroxylation is 1. The molecular formula is C23H26BrN3O3S. The number of hydrogen-bond donors (Lipinski definition) is 1. The molecule has 0 spiro atoms. The number of halogens is 1. The van der Waals surface area contributed by atoms with E-state index in [9.17, 15) is 14.4 Å². The highest BCUT2D eigenvalue weighted by Gasteiger charge is 2.32. The van der Waals surface area contributed by atoms with Crippen molar-refractivity contribution in [1.82, 2.24) is 10.2 Å². The number of likely N-dealkylation sites (tertiary alicyclic amines) is 1. The van der Waals surface area contributed by atoms with Gasteiger partial charge in [-0.1, -0.05) is 6.92 Å². The lowest BCUT2D eigenvalue weighted by atomic mass is 9.98. The molecule has 1 aromatic carbocycles. The Morgan fingerprint density at radius 1 is 1.19 bits per heavy atom. The van der Waals surface area contributed by atoms with Gasteiger partial charge in [0, 0.05) is 37.3 Å². The van der Waals surface area contributed by atoms with E-state index in [0.717, 1.165) is 34.5 Å². The maximum absolute atomic E-state index is 13.0. The van der Waals surface area contributed by atoms with Gasteiger partial charge in [0.1, 0.15) is 0 Å². The van der Waals surface area contributed by atoms with E-state index in [1.807, 2.05) is 36.1 Å². The van der Waals surface area contributed by atoms with Crippen LogP contribution in [0.4, 0.5) is 5.69 Å². The third kappa shape index (κ3) is 4.85. The van der Waals surface area contributed by atoms with Crippen molar-refractivity contribution in [2.45, 2.75) is 39.2 Å². The number of nitrogens with one attached hydrogen (secondary N) is 1. The van der Waals surface area contributed by atoms with Gasteiger partial charge in [0.25, 0.3) is 11.8 Å². The molecule has 2 saturated heterocycles. The normalized spacial score (nSPS) is 21.5. The van der Waals surface area contributed by atoms with E-state index in [1.54, 1.807) is 11.0 Å². The predicted octanol–water partition coefficient (Wildman–Crippen LogP) is 4.23. The standard InChI is InChI=1S/C23H26BrN3O3S/c1-14-4-3-9-26(12-14)23(30)18-6-5-17(10-15(18)2)27-13-16(11-21(27)28)25-22(29)19-7-8-20(24)31-19/h5-8,10,14,16H,3-4,9,11-13H2,1-2H3,(H,25,29). The zero-order valence-electron chi connectivity index (χ0n) is 17.7. The summed E-state index contributed by atoms with van der Waals surface area (Å²) < 4.78 is 0.894. The second-order valence-corrected chi connectivity index (χ2v) is 10.9. The number of piperidine rings is 1. The van der Waals surface area contributed by atoms with Crippen molar-refractivity contribution in [3.05, 3.63) is 50.1 Å². The fourth-order valence-electron chi connectivity index (χ4n) is 4.35. The van der Waals surface area contributed by atoms with E-state index in [1.165, 1.54) is 17.8 Å². The second-order valence-electron chi connectivity index (χ2n) is 8.48. The molecule has 2 aliphatic rings. The van der Waals surface area contributed by atoms with Crippen molar-refractivity contribution in [3.8, 4) is 0 Å². The van der Waals surface area contributed by atoms with Crippen LogP contribution in [0.1, 0.15) is 51.8 Å². The summed E-state index contributed by atoms with van der Waals surface area (Å²) >= 11 is 4.73. The van der Waals surface area contributed by atoms with Crippen molar-refractivity contribution in [2.75, 3.05) is 24.5 Å². The molecule has 2 fully saturated rings. The van der Waals surface area contributed by atoms with Gasteiger partial charge < -0.3 is 15.1 Å². The number of thiophene rings is 1. The van der Waals surface area contributed by atoms with Gasteiger partial charge in [-0.25, -0.2) is 0 Å². The van der Waals surface area contributed by atoms with Gasteiger partial charge in [0.05, 0.1) is 14.7 Å². The van der Waals surface area contributed by atoms with Crippen LogP contribution in [0.15, 0.2) is 34.1 Å². The molecule has 0 bridgehead atoms. The summed E-state index contributed by atoms with van der Waals surface area (Å²) in [5.74, 6) is 0.404. The maximum Gasteiger partial charge on any atom is 0.261 e. The lowest BCUT2D eigenvalue weighted by molar-refractivity contribution is -0.117. The Hall–Kier alpha value is -2.19. The quantitative estimate of drug-likeness (QED) is 0.678. The number of hydrogen-bond acceptors (Lipinski definition) is 4. The van der Waals surface area contributed by atoms with Gasteiger partial charge >= 0.3 is 0 Å². The summed E-state index contributed by atoms with van der Waals surface area (Å²) in [6.07, 6.45) is 2.48. The van der Waals surface area contributed by atoms with E-state index >= 15 is 0 Å². The molecule has 2 aliphatic heterocycles. The average molecular weight is 504 g/mol. The van der Waals surface area contributed by atoms with Gasteiger partial charge in [0.15, 0.2) is 0 Å². The number of nitrogens with zero attached hydrogens (tertiary/aromatic N) is 2. The molecule has 164 valence electrons. The van der Waals surface area contributed by atoms with E-state index in [4.69, 9.17) is 0 Å². The summed E-state index contributed by atoms with van der Waals surface area (Å²) in [4.78, 5) is 42.2. The Kier molecular flexibility index (Phi) is 6.48. The molecule has 1 N–H and O–H groups in total. The van der Waals surface area contributed by atoms with Crippen molar-refractivity contribution < 1.29 is 14.4 Å². The molecule has 0 aliphatic carbocycles. The van der Waals surface area contributed by atoms with Crippen molar-refractivity contribution in [2.24, 2.45) is 5.92 Å². The lowest BCUT2D eigenvalue weighted by Crippen LogP contribution is -2.39. The maximum atomic E-state index is 13.0. The van der Waals surface area contributed by atoms with Crippen LogP contribution in [0, 0.1) is 12.8 Å². The molecule has 2 unspecified atom stereocenters. The minimum absolute atomic E-state index is 0.0269. The lowest BCUT2D eigenvalue weighted by Gasteiger charge is -2.31. The van der Waals surface area contributed by atoms with E-state index in [-0.39, 0.29) is 30.2 Å². The van der Waals surface area contributed by atoms with E-state index < -0.39 is 0 Å². The third-order valence-corrected chi connectivity index (χ3v) is 7.58. The third-order valence-electron chi connectivity index (χ3n) is 5.95. The summed E-state index contributed by atoms with van der Waals surface area (Å²) in [6, 6.07) is 8.93. The number of carbonyl (C=O) groups is 3. The number of benzene rings is 1. The van der Waals surface area contributed by atoms with Crippen molar-refractivity contribution >= 4 is 50.7 Å². The summed E-state index contributed by atoms with van der Waals surface area (Å²) in [7, 11) is 0. The van der Waals surface area contributed by atoms with Crippen molar-refractivity contribution in [1.29, 1.82) is 0 Å². The molecule has 3 amide bonds. The smallest absolute Gasteiger partial charge is 0.261 e. The molecule has 6 nitrogen and oxygen atoms in total. The first-order chi connectivity index (χ1) is 14.8. The minimum atomic E-state index is -0.239. The number of anilines is 1. The summed E-state index contributed by atoms with van der Waals surface area (Å²) in [6.45, 7) is 6.12. The van der Waals surface area contributed by atoms with E-state index in [2.05, 4.69) is 28.2 Å². The molecule has 2 atom stereocenters. The average Bonchev–Trinajstić information content (AvgIpc) is 3.33. The predicted molar refractivity (Wildman–Crippen MR) is 126 cm³/mol. The highest BCUT2D eigenvalue weighted by atomic mass is 79.9. The number of rotatable bonds is 4. The summed E-state index contributed by atoms with van der Waals surface area (Å²) in [5.41, 5.74) is 2.32. The molecular weight excluding hydrogens is 478 g/mol. The summed E-state index contributed by atoms with van der Waals surface area (Å²) in [5, 5.41) is 2.96. The van der Waals surface area contributed by atoms with Crippen molar-refractivity contribution in [3.63, 3.8) is 0 Å². The molecule has 0 radical (unpaired) electrons. The van der Waals surface area contributed by atoms with Gasteiger partial charge in [-0.3, -0.25) is 14.4 Å². The molecule has 0 saturated carbocycles. The SMILES string of the molecule is Cc1cc(N2CC(NC(=O)c3ccc(Br)s3)CC2=O)ccc1C(=O)N1CCCC(C)C1. The van der Waals surface area contributed by atoms with Crippen LogP contribution in [0.25, 0.3) is 0 Å². The Morgan fingerprint density at radius 2 is 2.00 bits per heavy atom. The Labute approximate surface area is 194 Å².